The highest BCUT2D eigenvalue weighted by Gasteiger charge is 2.33. The van der Waals surface area contributed by atoms with E-state index in [0.29, 0.717) is 0 Å². The van der Waals surface area contributed by atoms with Crippen molar-refractivity contribution in [2.75, 3.05) is 0 Å². The quantitative estimate of drug-likeness (QED) is 0.226. The van der Waals surface area contributed by atoms with Crippen LogP contribution < -0.4 is 0 Å². The number of esters is 1. The second-order valence-electron chi connectivity index (χ2n) is 10.3. The maximum absolute atomic E-state index is 12.5. The number of hydrogen-bond acceptors (Lipinski definition) is 2. The molecule has 2 rings (SSSR count). The van der Waals surface area contributed by atoms with Gasteiger partial charge in [-0.2, -0.15) is 0 Å². The van der Waals surface area contributed by atoms with Gasteiger partial charge in [-0.1, -0.05) is 78.1 Å². The summed E-state index contributed by atoms with van der Waals surface area (Å²) in [7, 11) is 0. The summed E-state index contributed by atoms with van der Waals surface area (Å²) >= 11 is 0. The van der Waals surface area contributed by atoms with Gasteiger partial charge in [0.2, 0.25) is 0 Å². The minimum atomic E-state index is 0.0993. The smallest absolute Gasteiger partial charge is 0.309 e. The molecule has 29 heavy (non-hydrogen) atoms. The van der Waals surface area contributed by atoms with Crippen molar-refractivity contribution in [1.82, 2.24) is 0 Å². The molecule has 170 valence electrons. The van der Waals surface area contributed by atoms with Crippen molar-refractivity contribution in [3.63, 3.8) is 0 Å². The zero-order valence-corrected chi connectivity index (χ0v) is 19.9. The van der Waals surface area contributed by atoms with E-state index < -0.39 is 0 Å². The van der Waals surface area contributed by atoms with Crippen molar-refractivity contribution in [2.45, 2.75) is 142 Å². The second kappa shape index (κ2) is 14.5. The van der Waals surface area contributed by atoms with Crippen molar-refractivity contribution >= 4 is 5.97 Å². The van der Waals surface area contributed by atoms with E-state index in [-0.39, 0.29) is 18.0 Å². The number of rotatable bonds is 13. The molecular formula is C27H50O2. The van der Waals surface area contributed by atoms with Gasteiger partial charge in [0, 0.05) is 0 Å². The van der Waals surface area contributed by atoms with Gasteiger partial charge in [-0.05, 0) is 76.0 Å². The molecular weight excluding hydrogens is 356 g/mol. The van der Waals surface area contributed by atoms with E-state index in [2.05, 4.69) is 20.8 Å². The zero-order chi connectivity index (χ0) is 20.9. The molecule has 0 aliphatic heterocycles. The van der Waals surface area contributed by atoms with Gasteiger partial charge < -0.3 is 4.74 Å². The van der Waals surface area contributed by atoms with Crippen LogP contribution >= 0.6 is 0 Å². The minimum absolute atomic E-state index is 0.0993. The Morgan fingerprint density at radius 2 is 1.31 bits per heavy atom. The van der Waals surface area contributed by atoms with Crippen molar-refractivity contribution in [2.24, 2.45) is 23.7 Å². The fourth-order valence-corrected chi connectivity index (χ4v) is 5.85. The van der Waals surface area contributed by atoms with Gasteiger partial charge in [0.25, 0.3) is 0 Å². The standard InChI is InChI=1S/C27H50O2/c1-4-6-8-10-12-22(3)29-27(28)26-20-18-25(19-21-26)24-16-14-23(15-17-24)13-11-9-7-5-2/h22-26H,4-21H2,1-3H3. The third-order valence-electron chi connectivity index (χ3n) is 7.91. The Morgan fingerprint density at radius 1 is 0.759 bits per heavy atom. The molecule has 1 unspecified atom stereocenters. The van der Waals surface area contributed by atoms with Crippen molar-refractivity contribution in [3.8, 4) is 0 Å². The normalized spacial score (nSPS) is 28.8. The Kier molecular flexibility index (Phi) is 12.3. The molecule has 2 heteroatoms. The van der Waals surface area contributed by atoms with Crippen molar-refractivity contribution in [3.05, 3.63) is 0 Å². The summed E-state index contributed by atoms with van der Waals surface area (Å²) < 4.78 is 5.78. The van der Waals surface area contributed by atoms with Gasteiger partial charge >= 0.3 is 5.97 Å². The molecule has 0 N–H and O–H groups in total. The van der Waals surface area contributed by atoms with Crippen LogP contribution in [-0.4, -0.2) is 12.1 Å². The predicted molar refractivity (Wildman–Crippen MR) is 124 cm³/mol. The summed E-state index contributed by atoms with van der Waals surface area (Å²) in [6, 6.07) is 0. The fraction of sp³-hybridized carbons (Fsp3) is 0.963. The first-order valence-electron chi connectivity index (χ1n) is 13.3. The molecule has 2 aliphatic rings. The summed E-state index contributed by atoms with van der Waals surface area (Å²) in [5.74, 6) is 3.11. The monoisotopic (exact) mass is 406 g/mol. The van der Waals surface area contributed by atoms with E-state index in [1.165, 1.54) is 96.3 Å². The Bertz CT molecular complexity index is 416. The highest BCUT2D eigenvalue weighted by Crippen LogP contribution is 2.42. The average Bonchev–Trinajstić information content (AvgIpc) is 2.75. The molecule has 0 saturated heterocycles. The van der Waals surface area contributed by atoms with E-state index in [0.717, 1.165) is 37.0 Å². The van der Waals surface area contributed by atoms with Crippen LogP contribution in [0, 0.1) is 23.7 Å². The number of ether oxygens (including phenoxy) is 1. The Labute approximate surface area is 181 Å². The maximum Gasteiger partial charge on any atom is 0.309 e. The van der Waals surface area contributed by atoms with Crippen LogP contribution in [0.25, 0.3) is 0 Å². The van der Waals surface area contributed by atoms with Crippen LogP contribution in [0.4, 0.5) is 0 Å². The number of unbranched alkanes of at least 4 members (excludes halogenated alkanes) is 6. The molecule has 0 amide bonds. The lowest BCUT2D eigenvalue weighted by atomic mass is 9.68. The van der Waals surface area contributed by atoms with Crippen LogP contribution in [0.15, 0.2) is 0 Å². The lowest BCUT2D eigenvalue weighted by Gasteiger charge is -2.37. The van der Waals surface area contributed by atoms with E-state index in [9.17, 15) is 4.79 Å². The SMILES string of the molecule is CCCCCCC1CCC(C2CCC(C(=O)OC(C)CCCCCC)CC2)CC1. The second-order valence-corrected chi connectivity index (χ2v) is 10.3. The number of carbonyl (C=O) groups excluding carboxylic acids is 1. The third-order valence-corrected chi connectivity index (χ3v) is 7.91. The first kappa shape index (κ1) is 24.7. The van der Waals surface area contributed by atoms with Gasteiger partial charge in [-0.25, -0.2) is 0 Å². The highest BCUT2D eigenvalue weighted by atomic mass is 16.5. The molecule has 2 nitrogen and oxygen atoms in total. The van der Waals surface area contributed by atoms with Crippen LogP contribution in [0.1, 0.15) is 136 Å². The molecule has 2 saturated carbocycles. The van der Waals surface area contributed by atoms with Crippen LogP contribution in [0.2, 0.25) is 0 Å². The highest BCUT2D eigenvalue weighted by molar-refractivity contribution is 5.72. The molecule has 2 fully saturated rings. The topological polar surface area (TPSA) is 26.3 Å². The van der Waals surface area contributed by atoms with E-state index in [1.54, 1.807) is 0 Å². The molecule has 0 aromatic carbocycles. The molecule has 0 spiro atoms. The summed E-state index contributed by atoms with van der Waals surface area (Å²) in [5, 5.41) is 0. The molecule has 0 heterocycles. The third kappa shape index (κ3) is 9.43. The number of hydrogen-bond donors (Lipinski definition) is 0. The van der Waals surface area contributed by atoms with Gasteiger partial charge in [0.05, 0.1) is 12.0 Å². The van der Waals surface area contributed by atoms with E-state index in [4.69, 9.17) is 4.74 Å². The van der Waals surface area contributed by atoms with Gasteiger partial charge in [-0.3, -0.25) is 4.79 Å². The van der Waals surface area contributed by atoms with Gasteiger partial charge in [0.15, 0.2) is 0 Å². The fourth-order valence-electron chi connectivity index (χ4n) is 5.85. The Hall–Kier alpha value is -0.530. The molecule has 2 aliphatic carbocycles. The first-order valence-corrected chi connectivity index (χ1v) is 13.3. The summed E-state index contributed by atoms with van der Waals surface area (Å²) in [6.45, 7) is 6.62. The van der Waals surface area contributed by atoms with Crippen LogP contribution in [0.5, 0.6) is 0 Å². The molecule has 0 radical (unpaired) electrons. The Balaban J connectivity index is 1.58. The summed E-state index contributed by atoms with van der Waals surface area (Å²) in [4.78, 5) is 12.5. The van der Waals surface area contributed by atoms with Crippen LogP contribution in [-0.2, 0) is 9.53 Å². The van der Waals surface area contributed by atoms with Gasteiger partial charge in [-0.15, -0.1) is 0 Å². The molecule has 0 bridgehead atoms. The zero-order valence-electron chi connectivity index (χ0n) is 19.9. The minimum Gasteiger partial charge on any atom is -0.462 e. The maximum atomic E-state index is 12.5. The predicted octanol–water partition coefficient (Wildman–Crippen LogP) is 8.47. The van der Waals surface area contributed by atoms with Crippen LogP contribution in [0.3, 0.4) is 0 Å². The average molecular weight is 407 g/mol. The summed E-state index contributed by atoms with van der Waals surface area (Å²) in [6.07, 6.45) is 23.8. The van der Waals surface area contributed by atoms with E-state index >= 15 is 0 Å². The lowest BCUT2D eigenvalue weighted by molar-refractivity contribution is -0.155. The summed E-state index contributed by atoms with van der Waals surface area (Å²) in [5.41, 5.74) is 0. The van der Waals surface area contributed by atoms with Crippen molar-refractivity contribution < 1.29 is 9.53 Å². The first-order chi connectivity index (χ1) is 14.1. The number of carbonyl (C=O) groups is 1. The Morgan fingerprint density at radius 3 is 1.90 bits per heavy atom. The van der Waals surface area contributed by atoms with Crippen molar-refractivity contribution in [1.29, 1.82) is 0 Å². The molecule has 0 aromatic heterocycles. The van der Waals surface area contributed by atoms with Gasteiger partial charge in [0.1, 0.15) is 0 Å². The van der Waals surface area contributed by atoms with E-state index in [1.807, 2.05) is 0 Å². The molecule has 0 aromatic rings. The lowest BCUT2D eigenvalue weighted by Crippen LogP contribution is -2.30. The molecule has 1 atom stereocenters. The largest absolute Gasteiger partial charge is 0.462 e.